The quantitative estimate of drug-likeness (QED) is 0.535. The van der Waals surface area contributed by atoms with Gasteiger partial charge < -0.3 is 0 Å². The first-order chi connectivity index (χ1) is 6.63. The van der Waals surface area contributed by atoms with E-state index < -0.39 is 19.5 Å². The Labute approximate surface area is 123 Å². The lowest BCUT2D eigenvalue weighted by Gasteiger charge is -2.32. The van der Waals surface area contributed by atoms with E-state index in [2.05, 4.69) is 0 Å². The summed E-state index contributed by atoms with van der Waals surface area (Å²) in [5.41, 5.74) is 0. The SMILES string of the molecule is C[C@@H]1[C@@H](Cl)[C@]2(Cl)C(Cl)=C(Cl)[C@]1(Cl)C2(Cl)Cl. The number of fused-ring (bicyclic) bond motifs is 2. The lowest BCUT2D eigenvalue weighted by molar-refractivity contribution is 0.516. The average Bonchev–Trinajstić information content (AvgIpc) is 2.34. The molecule has 0 spiro atoms. The largest absolute Gasteiger partial charge is 0.168 e. The van der Waals surface area contributed by atoms with Crippen LogP contribution >= 0.6 is 81.2 Å². The van der Waals surface area contributed by atoms with Crippen molar-refractivity contribution in [3.05, 3.63) is 10.1 Å². The Morgan fingerprint density at radius 2 is 1.33 bits per heavy atom. The zero-order valence-electron chi connectivity index (χ0n) is 7.30. The molecule has 7 heteroatoms. The monoisotopic (exact) mass is 346 g/mol. The maximum absolute atomic E-state index is 6.36. The van der Waals surface area contributed by atoms with Crippen molar-refractivity contribution in [2.24, 2.45) is 5.92 Å². The molecule has 0 aromatic heterocycles. The number of halogens is 7. The molecule has 2 aliphatic rings. The number of hydrogen-bond acceptors (Lipinski definition) is 0. The summed E-state index contributed by atoms with van der Waals surface area (Å²) >= 11 is 43.3. The molecule has 1 fully saturated rings. The molecule has 0 amide bonds. The van der Waals surface area contributed by atoms with Crippen LogP contribution in [-0.2, 0) is 0 Å². The lowest BCUT2D eigenvalue weighted by atomic mass is 9.94. The molecule has 0 saturated heterocycles. The van der Waals surface area contributed by atoms with Crippen LogP contribution in [0.5, 0.6) is 0 Å². The summed E-state index contributed by atoms with van der Waals surface area (Å²) < 4.78 is -1.51. The summed E-state index contributed by atoms with van der Waals surface area (Å²) in [6.07, 6.45) is 0. The predicted molar refractivity (Wildman–Crippen MR) is 69.1 cm³/mol. The average molecular weight is 349 g/mol. The molecule has 4 atom stereocenters. The molecule has 0 unspecified atom stereocenters. The Morgan fingerprint density at radius 1 is 0.933 bits per heavy atom. The minimum atomic E-state index is -1.51. The second kappa shape index (κ2) is 3.41. The van der Waals surface area contributed by atoms with Crippen molar-refractivity contribution in [1.82, 2.24) is 0 Å². The highest BCUT2D eigenvalue weighted by atomic mass is 35.5. The normalized spacial score (nSPS) is 52.8. The van der Waals surface area contributed by atoms with Crippen LogP contribution in [0.4, 0.5) is 0 Å². The van der Waals surface area contributed by atoms with Gasteiger partial charge in [-0.2, -0.15) is 0 Å². The summed E-state index contributed by atoms with van der Waals surface area (Å²) in [5.74, 6) is -0.275. The maximum Gasteiger partial charge on any atom is 0.168 e. The minimum Gasteiger partial charge on any atom is -0.120 e. The van der Waals surface area contributed by atoms with Crippen LogP contribution in [0.2, 0.25) is 0 Å². The molecular weight excluding hydrogens is 344 g/mol. The van der Waals surface area contributed by atoms with Crippen LogP contribution in [-0.4, -0.2) is 19.5 Å². The molecule has 86 valence electrons. The summed E-state index contributed by atoms with van der Waals surface area (Å²) in [4.78, 5) is -2.54. The van der Waals surface area contributed by atoms with Crippen molar-refractivity contribution in [3.8, 4) is 0 Å². The Morgan fingerprint density at radius 3 is 1.67 bits per heavy atom. The molecule has 2 aliphatic carbocycles. The highest BCUT2D eigenvalue weighted by Gasteiger charge is 2.81. The van der Waals surface area contributed by atoms with E-state index >= 15 is 0 Å². The summed E-state index contributed by atoms with van der Waals surface area (Å²) in [7, 11) is 0. The van der Waals surface area contributed by atoms with E-state index in [1.165, 1.54) is 0 Å². The molecule has 0 radical (unpaired) electrons. The van der Waals surface area contributed by atoms with Gasteiger partial charge in [0.25, 0.3) is 0 Å². The van der Waals surface area contributed by atoms with Crippen molar-refractivity contribution in [1.29, 1.82) is 0 Å². The lowest BCUT2D eigenvalue weighted by Crippen LogP contribution is -2.44. The fourth-order valence-electron chi connectivity index (χ4n) is 2.19. The molecule has 1 saturated carbocycles. The fraction of sp³-hybridized carbons (Fsp3) is 0.750. The third-order valence-electron chi connectivity index (χ3n) is 3.19. The highest BCUT2D eigenvalue weighted by molar-refractivity contribution is 6.67. The van der Waals surface area contributed by atoms with Crippen LogP contribution in [0.3, 0.4) is 0 Å². The first-order valence-electron chi connectivity index (χ1n) is 4.09. The van der Waals surface area contributed by atoms with Crippen molar-refractivity contribution in [3.63, 3.8) is 0 Å². The van der Waals surface area contributed by atoms with Gasteiger partial charge in [0, 0.05) is 5.92 Å². The summed E-state index contributed by atoms with van der Waals surface area (Å²) in [6, 6.07) is 0. The Kier molecular flexibility index (Phi) is 3.00. The van der Waals surface area contributed by atoms with Gasteiger partial charge in [-0.25, -0.2) is 0 Å². The molecule has 0 N–H and O–H groups in total. The number of hydrogen-bond donors (Lipinski definition) is 0. The van der Waals surface area contributed by atoms with Crippen molar-refractivity contribution < 1.29 is 0 Å². The smallest absolute Gasteiger partial charge is 0.120 e. The van der Waals surface area contributed by atoms with Gasteiger partial charge in [-0.05, 0) is 0 Å². The van der Waals surface area contributed by atoms with Crippen LogP contribution in [0, 0.1) is 5.92 Å². The topological polar surface area (TPSA) is 0 Å². The van der Waals surface area contributed by atoms with E-state index in [9.17, 15) is 0 Å². The molecule has 0 aromatic rings. The molecule has 0 aliphatic heterocycles. The van der Waals surface area contributed by atoms with Gasteiger partial charge in [0.05, 0.1) is 15.4 Å². The number of alkyl halides is 5. The van der Waals surface area contributed by atoms with Crippen molar-refractivity contribution in [2.45, 2.75) is 26.4 Å². The van der Waals surface area contributed by atoms with E-state index in [-0.39, 0.29) is 16.0 Å². The molecule has 2 rings (SSSR count). The van der Waals surface area contributed by atoms with Gasteiger partial charge >= 0.3 is 0 Å². The van der Waals surface area contributed by atoms with Gasteiger partial charge in [-0.3, -0.25) is 0 Å². The standard InChI is InChI=1S/C8H5Cl7/c1-2-3(9)7(13)5(11)4(10)6(2,12)8(7,14)15/h2-3H,1H3/t2-,3-,6+,7+/m1/s1. The highest BCUT2D eigenvalue weighted by Crippen LogP contribution is 2.75. The number of allylic oxidation sites excluding steroid dienone is 2. The Hall–Kier alpha value is 1.77. The zero-order chi connectivity index (χ0) is 11.8. The minimum absolute atomic E-state index is 0.143. The molecule has 0 nitrogen and oxygen atoms in total. The Balaban J connectivity index is 2.76. The summed E-state index contributed by atoms with van der Waals surface area (Å²) in [6.45, 7) is 1.79. The van der Waals surface area contributed by atoms with Gasteiger partial charge in [-0.15, -0.1) is 34.8 Å². The van der Waals surface area contributed by atoms with Crippen molar-refractivity contribution >= 4 is 81.2 Å². The van der Waals surface area contributed by atoms with Crippen LogP contribution in [0.1, 0.15) is 6.92 Å². The second-order valence-corrected chi connectivity index (χ2v) is 7.56. The fourth-order valence-corrected chi connectivity index (χ4v) is 5.85. The van der Waals surface area contributed by atoms with Crippen molar-refractivity contribution in [2.75, 3.05) is 0 Å². The second-order valence-electron chi connectivity index (χ2n) is 3.82. The van der Waals surface area contributed by atoms with Crippen LogP contribution in [0.15, 0.2) is 10.1 Å². The third-order valence-corrected chi connectivity index (χ3v) is 8.38. The van der Waals surface area contributed by atoms with Gasteiger partial charge in [-0.1, -0.05) is 53.3 Å². The van der Waals surface area contributed by atoms with E-state index in [0.717, 1.165) is 0 Å². The van der Waals surface area contributed by atoms with E-state index in [1.54, 1.807) is 6.92 Å². The molecule has 0 aromatic carbocycles. The van der Waals surface area contributed by atoms with Crippen LogP contribution < -0.4 is 0 Å². The van der Waals surface area contributed by atoms with Crippen LogP contribution in [0.25, 0.3) is 0 Å². The molecule has 2 bridgehead atoms. The van der Waals surface area contributed by atoms with Gasteiger partial charge in [0.2, 0.25) is 0 Å². The molecule has 15 heavy (non-hydrogen) atoms. The first kappa shape index (κ1) is 13.2. The molecular formula is C8H5Cl7. The maximum atomic E-state index is 6.36. The zero-order valence-corrected chi connectivity index (χ0v) is 12.6. The Bertz CT molecular complexity index is 330. The van der Waals surface area contributed by atoms with E-state index in [4.69, 9.17) is 81.2 Å². The molecule has 0 heterocycles. The third kappa shape index (κ3) is 1.12. The van der Waals surface area contributed by atoms with Gasteiger partial charge in [0.15, 0.2) is 4.33 Å². The van der Waals surface area contributed by atoms with Gasteiger partial charge in [0.1, 0.15) is 9.75 Å². The van der Waals surface area contributed by atoms with E-state index in [1.807, 2.05) is 0 Å². The van der Waals surface area contributed by atoms with E-state index in [0.29, 0.717) is 0 Å². The first-order valence-corrected chi connectivity index (χ1v) is 6.79. The number of rotatable bonds is 0. The predicted octanol–water partition coefficient (Wildman–Crippen LogP) is 5.08. The summed E-state index contributed by atoms with van der Waals surface area (Å²) in [5, 5.41) is -0.235.